The van der Waals surface area contributed by atoms with E-state index in [1.807, 2.05) is 35.0 Å². The van der Waals surface area contributed by atoms with Crippen molar-refractivity contribution in [2.45, 2.75) is 38.5 Å². The predicted octanol–water partition coefficient (Wildman–Crippen LogP) is 7.23. The van der Waals surface area contributed by atoms with Crippen LogP contribution in [-0.2, 0) is 19.3 Å². The standard InChI is InChI=1S/C14H16N2O4S.C12H11NO4S.C2H7NO.CH2Cl2.ClH/c1-16(19-2)14(18)7-3-5-11(17)10-9-12(20-15-10)13-6-4-8-21-13;14-9(3-1-5-12(15)16)8-7-10(17-13-8)11-4-2-6-18-11;1-3-4-2;2-1-3;/h4,6,8-9H,3,5,7H2,1-2H3;2,4,6-7H,1,3,5H2,(H,15,16);3H,1-2H3;1H2;1H. The van der Waals surface area contributed by atoms with Gasteiger partial charge in [0.25, 0.3) is 0 Å². The second kappa shape index (κ2) is 25.9. The highest BCUT2D eigenvalue weighted by Crippen LogP contribution is 2.26. The summed E-state index contributed by atoms with van der Waals surface area (Å²) < 4.78 is 10.2. The highest BCUT2D eigenvalue weighted by Gasteiger charge is 2.16. The lowest BCUT2D eigenvalue weighted by molar-refractivity contribution is -0.168. The average molecular weight is 756 g/mol. The molecule has 0 saturated carbocycles. The van der Waals surface area contributed by atoms with E-state index in [-0.39, 0.29) is 66.6 Å². The van der Waals surface area contributed by atoms with E-state index >= 15 is 0 Å². The summed E-state index contributed by atoms with van der Waals surface area (Å²) in [4.78, 5) is 56.4. The van der Waals surface area contributed by atoms with Crippen LogP contribution in [0, 0.1) is 0 Å². The van der Waals surface area contributed by atoms with Gasteiger partial charge < -0.3 is 19.0 Å². The number of hydrogen-bond donors (Lipinski definition) is 2. The summed E-state index contributed by atoms with van der Waals surface area (Å²) in [5.41, 5.74) is 2.98. The third-order valence-corrected chi connectivity index (χ3v) is 7.31. The topological polar surface area (TPSA) is 174 Å². The number of amides is 1. The molecular formula is C29H37Cl3N4O9S2. The SMILES string of the molecule is CNOC.CON(C)C(=O)CCCC(=O)c1cc(-c2cccs2)on1.Cl.ClCCl.O=C(O)CCCC(=O)c1cc(-c2cccs2)on1. The Morgan fingerprint density at radius 2 is 1.30 bits per heavy atom. The van der Waals surface area contributed by atoms with Gasteiger partial charge in [0.15, 0.2) is 23.1 Å². The van der Waals surface area contributed by atoms with Crippen LogP contribution in [0.2, 0.25) is 0 Å². The molecule has 260 valence electrons. The van der Waals surface area contributed by atoms with Crippen molar-refractivity contribution in [1.29, 1.82) is 0 Å². The van der Waals surface area contributed by atoms with Gasteiger partial charge in [0.2, 0.25) is 5.91 Å². The molecule has 47 heavy (non-hydrogen) atoms. The smallest absolute Gasteiger partial charge is 0.303 e. The normalized spacial score (nSPS) is 9.74. The molecule has 0 radical (unpaired) electrons. The van der Waals surface area contributed by atoms with Gasteiger partial charge in [-0.25, -0.2) is 10.5 Å². The Labute approximate surface area is 296 Å². The van der Waals surface area contributed by atoms with Gasteiger partial charge in [0, 0.05) is 51.9 Å². The molecule has 0 aliphatic carbocycles. The van der Waals surface area contributed by atoms with E-state index in [1.165, 1.54) is 36.8 Å². The summed E-state index contributed by atoms with van der Waals surface area (Å²) >= 11 is 12.5. The molecule has 0 atom stereocenters. The van der Waals surface area contributed by atoms with Crippen LogP contribution in [-0.4, -0.2) is 77.6 Å². The van der Waals surface area contributed by atoms with Crippen LogP contribution in [0.3, 0.4) is 0 Å². The maximum absolute atomic E-state index is 12.0. The van der Waals surface area contributed by atoms with Crippen molar-refractivity contribution in [3.8, 4) is 21.3 Å². The van der Waals surface area contributed by atoms with Gasteiger partial charge in [-0.1, -0.05) is 22.4 Å². The second-order valence-corrected chi connectivity index (χ2v) is 11.3. The summed E-state index contributed by atoms with van der Waals surface area (Å²) in [6.07, 6.45) is 1.43. The number of hydroxylamine groups is 3. The average Bonchev–Trinajstić information content (AvgIpc) is 3.88. The molecule has 13 nitrogen and oxygen atoms in total. The Hall–Kier alpha value is -3.15. The molecule has 0 aliphatic heterocycles. The fraction of sp³-hybridized carbons (Fsp3) is 0.379. The minimum Gasteiger partial charge on any atom is -0.481 e. The van der Waals surface area contributed by atoms with Gasteiger partial charge in [-0.2, -0.15) is 0 Å². The Balaban J connectivity index is 0.000000744. The number of carboxylic acids is 1. The molecule has 0 unspecified atom stereocenters. The van der Waals surface area contributed by atoms with Crippen LogP contribution >= 0.6 is 58.3 Å². The molecule has 0 bridgehead atoms. The highest BCUT2D eigenvalue weighted by atomic mass is 35.5. The van der Waals surface area contributed by atoms with Crippen LogP contribution in [0.1, 0.15) is 59.5 Å². The van der Waals surface area contributed by atoms with Gasteiger partial charge in [-0.15, -0.1) is 58.3 Å². The number of halogens is 3. The lowest BCUT2D eigenvalue weighted by Gasteiger charge is -2.12. The van der Waals surface area contributed by atoms with Gasteiger partial charge in [0.1, 0.15) is 11.4 Å². The minimum absolute atomic E-state index is 0. The number of nitrogens with one attached hydrogen (secondary N) is 1. The van der Waals surface area contributed by atoms with E-state index in [2.05, 4.69) is 20.6 Å². The van der Waals surface area contributed by atoms with Crippen LogP contribution < -0.4 is 5.48 Å². The van der Waals surface area contributed by atoms with E-state index < -0.39 is 5.97 Å². The van der Waals surface area contributed by atoms with Crippen molar-refractivity contribution in [2.24, 2.45) is 0 Å². The molecule has 0 aromatic carbocycles. The third-order valence-electron chi connectivity index (χ3n) is 5.54. The zero-order chi connectivity index (χ0) is 34.3. The number of carbonyl (C=O) groups excluding carboxylic acids is 3. The number of hydrogen-bond acceptors (Lipinski definition) is 13. The number of aliphatic carboxylic acids is 1. The Kier molecular flexibility index (Phi) is 24.1. The molecule has 4 heterocycles. The number of Topliss-reactive ketones (excluding diaryl/α,β-unsaturated/α-hetero) is 2. The van der Waals surface area contributed by atoms with Gasteiger partial charge >= 0.3 is 5.97 Å². The zero-order valence-corrected chi connectivity index (χ0v) is 30.1. The number of ketones is 2. The Morgan fingerprint density at radius 1 is 0.872 bits per heavy atom. The van der Waals surface area contributed by atoms with Gasteiger partial charge in [0.05, 0.1) is 29.3 Å². The summed E-state index contributed by atoms with van der Waals surface area (Å²) in [5, 5.41) is 21.1. The van der Waals surface area contributed by atoms with Gasteiger partial charge in [-0.05, 0) is 35.7 Å². The van der Waals surface area contributed by atoms with E-state index in [0.29, 0.717) is 30.1 Å². The first kappa shape index (κ1) is 43.9. The fourth-order valence-corrected chi connectivity index (χ4v) is 4.55. The largest absolute Gasteiger partial charge is 0.481 e. The molecule has 0 spiro atoms. The highest BCUT2D eigenvalue weighted by molar-refractivity contribution is 7.13. The first-order valence-corrected chi connectivity index (χ1v) is 16.4. The van der Waals surface area contributed by atoms with Crippen molar-refractivity contribution in [1.82, 2.24) is 20.9 Å². The van der Waals surface area contributed by atoms with Crippen molar-refractivity contribution < 1.29 is 43.0 Å². The Bertz CT molecular complexity index is 1430. The lowest BCUT2D eigenvalue weighted by Crippen LogP contribution is -2.25. The number of alkyl halides is 2. The molecule has 0 fully saturated rings. The number of nitrogens with zero attached hydrogens (tertiary/aromatic N) is 3. The summed E-state index contributed by atoms with van der Waals surface area (Å²) in [6, 6.07) is 10.8. The molecule has 4 aromatic heterocycles. The van der Waals surface area contributed by atoms with Crippen LogP contribution in [0.4, 0.5) is 0 Å². The third kappa shape index (κ3) is 17.5. The molecule has 18 heteroatoms. The quantitative estimate of drug-likeness (QED) is 0.0752. The molecular weight excluding hydrogens is 719 g/mol. The summed E-state index contributed by atoms with van der Waals surface area (Å²) in [6.45, 7) is 0. The number of carboxylic acid groups (broad SMARTS) is 1. The number of thiophene rings is 2. The van der Waals surface area contributed by atoms with E-state index in [9.17, 15) is 19.2 Å². The lowest BCUT2D eigenvalue weighted by atomic mass is 10.1. The van der Waals surface area contributed by atoms with E-state index in [1.54, 1.807) is 26.3 Å². The van der Waals surface area contributed by atoms with E-state index in [4.69, 9.17) is 42.2 Å². The number of aromatic nitrogens is 2. The van der Waals surface area contributed by atoms with Crippen LogP contribution in [0.5, 0.6) is 0 Å². The first-order chi connectivity index (χ1) is 22.1. The van der Waals surface area contributed by atoms with Crippen molar-refractivity contribution in [3.63, 3.8) is 0 Å². The zero-order valence-electron chi connectivity index (χ0n) is 26.1. The molecule has 0 aliphatic rings. The first-order valence-electron chi connectivity index (χ1n) is 13.5. The summed E-state index contributed by atoms with van der Waals surface area (Å²) in [5.74, 6) is -0.237. The minimum atomic E-state index is -0.901. The van der Waals surface area contributed by atoms with Crippen LogP contribution in [0.25, 0.3) is 21.3 Å². The number of rotatable bonds is 14. The monoisotopic (exact) mass is 754 g/mol. The molecule has 0 saturated heterocycles. The molecule has 2 N–H and O–H groups in total. The second-order valence-electron chi connectivity index (χ2n) is 8.64. The van der Waals surface area contributed by atoms with Crippen molar-refractivity contribution in [2.75, 3.05) is 33.7 Å². The number of carbonyl (C=O) groups is 4. The Morgan fingerprint density at radius 3 is 1.64 bits per heavy atom. The molecule has 1 amide bonds. The van der Waals surface area contributed by atoms with Crippen molar-refractivity contribution >= 4 is 81.7 Å². The molecule has 4 aromatic rings. The maximum Gasteiger partial charge on any atom is 0.303 e. The maximum atomic E-state index is 12.0. The van der Waals surface area contributed by atoms with Gasteiger partial charge in [-0.3, -0.25) is 24.0 Å². The van der Waals surface area contributed by atoms with E-state index in [0.717, 1.165) is 14.8 Å². The molecule has 4 rings (SSSR count). The summed E-state index contributed by atoms with van der Waals surface area (Å²) in [7, 11) is 6.24. The fourth-order valence-electron chi connectivity index (χ4n) is 3.20. The van der Waals surface area contributed by atoms with Crippen molar-refractivity contribution in [3.05, 3.63) is 58.5 Å². The van der Waals surface area contributed by atoms with Crippen LogP contribution in [0.15, 0.2) is 56.2 Å². The predicted molar refractivity (Wildman–Crippen MR) is 183 cm³/mol.